The molecule has 0 saturated carbocycles. The number of rotatable bonds is 5. The van der Waals surface area contributed by atoms with E-state index in [0.717, 1.165) is 15.8 Å². The third-order valence-corrected chi connectivity index (χ3v) is 5.35. The summed E-state index contributed by atoms with van der Waals surface area (Å²) in [6.45, 7) is 8.33. The second-order valence-electron chi connectivity index (χ2n) is 6.29. The Morgan fingerprint density at radius 1 is 1.19 bits per heavy atom. The lowest BCUT2D eigenvalue weighted by molar-refractivity contribution is -0.122. The Morgan fingerprint density at radius 2 is 1.96 bits per heavy atom. The summed E-state index contributed by atoms with van der Waals surface area (Å²) in [4.78, 5) is 24.4. The maximum atomic E-state index is 12.4. The standard InChI is InChI=1S/C20H22N2O3S/c1-5-22-17-9-7-15(11-18(17)26-20(22)24)21-19(23)14(4)25-16-8-6-12(2)13(3)10-16/h6-11,14H,5H2,1-4H3,(H,21,23). The van der Waals surface area contributed by atoms with Gasteiger partial charge in [-0.05, 0) is 69.2 Å². The first-order valence-corrected chi connectivity index (χ1v) is 9.39. The summed E-state index contributed by atoms with van der Waals surface area (Å²) in [6.07, 6.45) is -0.633. The summed E-state index contributed by atoms with van der Waals surface area (Å²) in [6, 6.07) is 11.3. The van der Waals surface area contributed by atoms with Crippen molar-refractivity contribution in [3.8, 4) is 5.75 Å². The van der Waals surface area contributed by atoms with E-state index in [1.807, 2.05) is 51.1 Å². The average Bonchev–Trinajstić information content (AvgIpc) is 2.92. The summed E-state index contributed by atoms with van der Waals surface area (Å²) in [7, 11) is 0. The Balaban J connectivity index is 1.73. The van der Waals surface area contributed by atoms with Crippen LogP contribution in [0, 0.1) is 13.8 Å². The van der Waals surface area contributed by atoms with Crippen LogP contribution in [0.3, 0.4) is 0 Å². The number of aryl methyl sites for hydroxylation is 3. The van der Waals surface area contributed by atoms with Crippen molar-refractivity contribution in [1.82, 2.24) is 4.57 Å². The van der Waals surface area contributed by atoms with Crippen LogP contribution in [0.25, 0.3) is 10.2 Å². The molecular formula is C20H22N2O3S. The minimum Gasteiger partial charge on any atom is -0.481 e. The summed E-state index contributed by atoms with van der Waals surface area (Å²) >= 11 is 1.18. The number of thiazole rings is 1. The number of carbonyl (C=O) groups is 1. The van der Waals surface area contributed by atoms with E-state index in [2.05, 4.69) is 5.32 Å². The fourth-order valence-electron chi connectivity index (χ4n) is 2.73. The first-order valence-electron chi connectivity index (χ1n) is 8.57. The monoisotopic (exact) mass is 370 g/mol. The molecule has 1 amide bonds. The van der Waals surface area contributed by atoms with Crippen LogP contribution >= 0.6 is 11.3 Å². The number of nitrogens with one attached hydrogen (secondary N) is 1. The highest BCUT2D eigenvalue weighted by molar-refractivity contribution is 7.16. The van der Waals surface area contributed by atoms with Crippen molar-refractivity contribution in [2.75, 3.05) is 5.32 Å². The molecule has 1 heterocycles. The maximum absolute atomic E-state index is 12.4. The predicted octanol–water partition coefficient (Wildman–Crippen LogP) is 4.11. The van der Waals surface area contributed by atoms with Crippen molar-refractivity contribution in [3.05, 3.63) is 57.2 Å². The zero-order valence-electron chi connectivity index (χ0n) is 15.3. The number of fused-ring (bicyclic) bond motifs is 1. The molecule has 0 aliphatic heterocycles. The van der Waals surface area contributed by atoms with Gasteiger partial charge in [-0.2, -0.15) is 0 Å². The molecule has 0 aliphatic carbocycles. The first-order chi connectivity index (χ1) is 12.4. The van der Waals surface area contributed by atoms with Crippen molar-refractivity contribution < 1.29 is 9.53 Å². The minimum atomic E-state index is -0.633. The van der Waals surface area contributed by atoms with Crippen LogP contribution in [0.15, 0.2) is 41.2 Å². The molecule has 0 saturated heterocycles. The van der Waals surface area contributed by atoms with Crippen molar-refractivity contribution in [3.63, 3.8) is 0 Å². The van der Waals surface area contributed by atoms with Gasteiger partial charge >= 0.3 is 4.87 Å². The molecule has 136 valence electrons. The molecule has 26 heavy (non-hydrogen) atoms. The number of anilines is 1. The van der Waals surface area contributed by atoms with E-state index in [0.29, 0.717) is 18.0 Å². The fraction of sp³-hybridized carbons (Fsp3) is 0.300. The van der Waals surface area contributed by atoms with E-state index in [9.17, 15) is 9.59 Å². The number of hydrogen-bond donors (Lipinski definition) is 1. The highest BCUT2D eigenvalue weighted by atomic mass is 32.1. The van der Waals surface area contributed by atoms with E-state index in [4.69, 9.17) is 4.74 Å². The molecule has 0 radical (unpaired) electrons. The Labute approximate surface area is 156 Å². The normalized spacial score (nSPS) is 12.2. The van der Waals surface area contributed by atoms with Gasteiger partial charge in [0.15, 0.2) is 6.10 Å². The van der Waals surface area contributed by atoms with Gasteiger partial charge < -0.3 is 10.1 Å². The lowest BCUT2D eigenvalue weighted by Crippen LogP contribution is -2.30. The van der Waals surface area contributed by atoms with Gasteiger partial charge in [0.05, 0.1) is 10.2 Å². The molecule has 5 nitrogen and oxygen atoms in total. The largest absolute Gasteiger partial charge is 0.481 e. The second kappa shape index (κ2) is 7.33. The van der Waals surface area contributed by atoms with Gasteiger partial charge in [-0.15, -0.1) is 0 Å². The number of hydrogen-bond acceptors (Lipinski definition) is 4. The Bertz CT molecular complexity index is 1020. The molecule has 1 aromatic heterocycles. The summed E-state index contributed by atoms with van der Waals surface area (Å²) < 4.78 is 8.33. The number of ether oxygens (including phenoxy) is 1. The van der Waals surface area contributed by atoms with E-state index >= 15 is 0 Å². The molecule has 0 fully saturated rings. The highest BCUT2D eigenvalue weighted by Crippen LogP contribution is 2.22. The molecule has 3 aromatic rings. The van der Waals surface area contributed by atoms with E-state index in [-0.39, 0.29) is 10.8 Å². The number of nitrogens with zero attached hydrogens (tertiary/aromatic N) is 1. The molecule has 1 atom stereocenters. The third kappa shape index (κ3) is 3.65. The van der Waals surface area contributed by atoms with E-state index in [1.54, 1.807) is 17.6 Å². The summed E-state index contributed by atoms with van der Waals surface area (Å²) in [5.74, 6) is 0.439. The Kier molecular flexibility index (Phi) is 5.13. The molecule has 0 spiro atoms. The van der Waals surface area contributed by atoms with Crippen LogP contribution in [0.4, 0.5) is 5.69 Å². The molecule has 2 aromatic carbocycles. The van der Waals surface area contributed by atoms with Crippen molar-refractivity contribution in [2.24, 2.45) is 0 Å². The lowest BCUT2D eigenvalue weighted by atomic mass is 10.1. The van der Waals surface area contributed by atoms with Crippen LogP contribution in [-0.2, 0) is 11.3 Å². The van der Waals surface area contributed by atoms with Gasteiger partial charge in [0.1, 0.15) is 5.75 Å². The molecule has 1 unspecified atom stereocenters. The number of amides is 1. The smallest absolute Gasteiger partial charge is 0.308 e. The lowest BCUT2D eigenvalue weighted by Gasteiger charge is -2.15. The van der Waals surface area contributed by atoms with Gasteiger partial charge in [0, 0.05) is 12.2 Å². The van der Waals surface area contributed by atoms with Crippen LogP contribution in [-0.4, -0.2) is 16.6 Å². The van der Waals surface area contributed by atoms with E-state index in [1.165, 1.54) is 16.9 Å². The van der Waals surface area contributed by atoms with Gasteiger partial charge in [-0.25, -0.2) is 0 Å². The quantitative estimate of drug-likeness (QED) is 0.735. The third-order valence-electron chi connectivity index (χ3n) is 4.41. The summed E-state index contributed by atoms with van der Waals surface area (Å²) in [5, 5.41) is 2.86. The number of carbonyl (C=O) groups excluding carboxylic acids is 1. The van der Waals surface area contributed by atoms with Crippen molar-refractivity contribution in [2.45, 2.75) is 40.3 Å². The topological polar surface area (TPSA) is 60.3 Å². The SMILES string of the molecule is CCn1c(=O)sc2cc(NC(=O)C(C)Oc3ccc(C)c(C)c3)ccc21. The highest BCUT2D eigenvalue weighted by Gasteiger charge is 2.16. The van der Waals surface area contributed by atoms with Crippen molar-refractivity contribution in [1.29, 1.82) is 0 Å². The Hall–Kier alpha value is -2.60. The zero-order chi connectivity index (χ0) is 18.8. The number of aromatic nitrogens is 1. The Morgan fingerprint density at radius 3 is 2.65 bits per heavy atom. The maximum Gasteiger partial charge on any atom is 0.308 e. The van der Waals surface area contributed by atoms with Gasteiger partial charge in [0.25, 0.3) is 5.91 Å². The zero-order valence-corrected chi connectivity index (χ0v) is 16.1. The molecule has 3 rings (SSSR count). The van der Waals surface area contributed by atoms with Gasteiger partial charge in [0.2, 0.25) is 0 Å². The molecule has 1 N–H and O–H groups in total. The molecule has 0 bridgehead atoms. The average molecular weight is 370 g/mol. The second-order valence-corrected chi connectivity index (χ2v) is 7.28. The fourth-order valence-corrected chi connectivity index (χ4v) is 3.73. The van der Waals surface area contributed by atoms with Crippen LogP contribution in [0.2, 0.25) is 0 Å². The molecule has 0 aliphatic rings. The van der Waals surface area contributed by atoms with Gasteiger partial charge in [-0.1, -0.05) is 17.4 Å². The van der Waals surface area contributed by atoms with Gasteiger partial charge in [-0.3, -0.25) is 14.2 Å². The predicted molar refractivity (Wildman–Crippen MR) is 106 cm³/mol. The van der Waals surface area contributed by atoms with Crippen LogP contribution in [0.1, 0.15) is 25.0 Å². The number of benzene rings is 2. The minimum absolute atomic E-state index is 0.0115. The van der Waals surface area contributed by atoms with Crippen molar-refractivity contribution >= 4 is 33.1 Å². The van der Waals surface area contributed by atoms with E-state index < -0.39 is 6.10 Å². The molecule has 6 heteroatoms. The summed E-state index contributed by atoms with van der Waals surface area (Å²) in [5.41, 5.74) is 3.85. The van der Waals surface area contributed by atoms with Crippen LogP contribution in [0.5, 0.6) is 5.75 Å². The molecular weight excluding hydrogens is 348 g/mol. The van der Waals surface area contributed by atoms with Crippen LogP contribution < -0.4 is 14.9 Å². The first kappa shape index (κ1) is 18.2.